The van der Waals surface area contributed by atoms with Crippen LogP contribution in [0.3, 0.4) is 0 Å². The molecule has 34 heavy (non-hydrogen) atoms. The van der Waals surface area contributed by atoms with Gasteiger partial charge < -0.3 is 19.5 Å². The van der Waals surface area contributed by atoms with Crippen LogP contribution in [-0.4, -0.2) is 42.2 Å². The van der Waals surface area contributed by atoms with Crippen LogP contribution in [0.25, 0.3) is 5.57 Å². The third-order valence-electron chi connectivity index (χ3n) is 6.55. The average molecular weight is 456 g/mol. The highest BCUT2D eigenvalue weighted by atomic mass is 16.6. The summed E-state index contributed by atoms with van der Waals surface area (Å²) in [5, 5.41) is 11.1. The molecule has 3 aromatic rings. The number of likely N-dealkylation sites (tertiary alicyclic amines) is 1. The number of hydrogen-bond donors (Lipinski definition) is 1. The predicted octanol–water partition coefficient (Wildman–Crippen LogP) is 4.86. The number of ether oxygens (including phenoxy) is 2. The number of hydrogen-bond acceptors (Lipinski definition) is 4. The minimum atomic E-state index is -0.877. The largest absolute Gasteiger partial charge is 0.486 e. The first-order valence-corrected chi connectivity index (χ1v) is 11.9. The molecule has 5 nitrogen and oxygen atoms in total. The number of carbonyl (C=O) groups excluding carboxylic acids is 1. The van der Waals surface area contributed by atoms with Gasteiger partial charge in [-0.3, -0.25) is 4.79 Å². The Hall–Kier alpha value is -3.57. The van der Waals surface area contributed by atoms with Crippen LogP contribution in [0.15, 0.2) is 84.9 Å². The number of carbonyl (C=O) groups is 1. The van der Waals surface area contributed by atoms with Crippen molar-refractivity contribution in [2.24, 2.45) is 5.92 Å². The molecule has 0 bridgehead atoms. The first-order valence-electron chi connectivity index (χ1n) is 11.9. The van der Waals surface area contributed by atoms with E-state index < -0.39 is 12.0 Å². The summed E-state index contributed by atoms with van der Waals surface area (Å²) in [6.45, 7) is 2.20. The number of piperidine rings is 1. The van der Waals surface area contributed by atoms with Crippen molar-refractivity contribution < 1.29 is 19.4 Å². The second kappa shape index (κ2) is 10.1. The van der Waals surface area contributed by atoms with Crippen LogP contribution >= 0.6 is 0 Å². The topological polar surface area (TPSA) is 59.0 Å². The van der Waals surface area contributed by atoms with Crippen molar-refractivity contribution >= 4 is 11.5 Å². The van der Waals surface area contributed by atoms with Crippen molar-refractivity contribution in [3.05, 3.63) is 102 Å². The van der Waals surface area contributed by atoms with Crippen molar-refractivity contribution in [1.29, 1.82) is 0 Å². The van der Waals surface area contributed by atoms with Gasteiger partial charge in [0, 0.05) is 13.1 Å². The van der Waals surface area contributed by atoms with Gasteiger partial charge >= 0.3 is 0 Å². The Bertz CT molecular complexity index is 1120. The van der Waals surface area contributed by atoms with Gasteiger partial charge in [0.1, 0.15) is 13.2 Å². The molecule has 1 amide bonds. The quantitative estimate of drug-likeness (QED) is 0.577. The predicted molar refractivity (Wildman–Crippen MR) is 132 cm³/mol. The van der Waals surface area contributed by atoms with Crippen LogP contribution in [0.4, 0.5) is 0 Å². The van der Waals surface area contributed by atoms with Gasteiger partial charge in [0.05, 0.1) is 12.0 Å². The molecule has 5 heteroatoms. The van der Waals surface area contributed by atoms with Gasteiger partial charge in [0.25, 0.3) is 0 Å². The smallest absolute Gasteiger partial charge is 0.228 e. The summed E-state index contributed by atoms with van der Waals surface area (Å²) in [4.78, 5) is 15.3. The van der Waals surface area contributed by atoms with E-state index in [9.17, 15) is 9.90 Å². The van der Waals surface area contributed by atoms with E-state index in [1.807, 2.05) is 53.4 Å². The zero-order valence-electron chi connectivity index (χ0n) is 19.1. The molecule has 3 aromatic carbocycles. The fourth-order valence-electron chi connectivity index (χ4n) is 4.76. The lowest BCUT2D eigenvalue weighted by Gasteiger charge is -2.34. The Morgan fingerprint density at radius 1 is 0.941 bits per heavy atom. The highest BCUT2D eigenvalue weighted by Crippen LogP contribution is 2.37. The minimum Gasteiger partial charge on any atom is -0.486 e. The summed E-state index contributed by atoms with van der Waals surface area (Å²) in [5.41, 5.74) is 4.02. The lowest BCUT2D eigenvalue weighted by molar-refractivity contribution is -0.142. The molecule has 0 aliphatic carbocycles. The molecule has 0 unspecified atom stereocenters. The first-order chi connectivity index (χ1) is 16.7. The van der Waals surface area contributed by atoms with E-state index in [1.165, 1.54) is 0 Å². The second-order valence-electron chi connectivity index (χ2n) is 8.73. The number of fused-ring (bicyclic) bond motifs is 1. The van der Waals surface area contributed by atoms with E-state index in [-0.39, 0.29) is 5.91 Å². The van der Waals surface area contributed by atoms with Crippen molar-refractivity contribution in [2.75, 3.05) is 26.3 Å². The molecule has 0 radical (unpaired) electrons. The third kappa shape index (κ3) is 4.70. The molecule has 0 saturated carbocycles. The molecule has 2 aliphatic rings. The molecule has 2 heterocycles. The lowest BCUT2D eigenvalue weighted by Crippen LogP contribution is -2.43. The summed E-state index contributed by atoms with van der Waals surface area (Å²) in [6, 6.07) is 25.9. The van der Waals surface area contributed by atoms with Crippen LogP contribution in [-0.2, 0) is 4.79 Å². The Labute approximate surface area is 200 Å². The zero-order chi connectivity index (χ0) is 23.3. The molecule has 1 N–H and O–H groups in total. The van der Waals surface area contributed by atoms with Gasteiger partial charge in [-0.05, 0) is 47.2 Å². The normalized spacial score (nSPS) is 18.3. The van der Waals surface area contributed by atoms with Gasteiger partial charge in [-0.25, -0.2) is 0 Å². The number of benzene rings is 3. The number of aliphatic hydroxyl groups excluding tert-OH is 1. The number of amides is 1. The summed E-state index contributed by atoms with van der Waals surface area (Å²) in [7, 11) is 0. The van der Waals surface area contributed by atoms with E-state index >= 15 is 0 Å². The third-order valence-corrected chi connectivity index (χ3v) is 6.55. The fraction of sp³-hybridized carbons (Fsp3) is 0.276. The maximum atomic E-state index is 13.4. The van der Waals surface area contributed by atoms with Gasteiger partial charge in [0.15, 0.2) is 11.5 Å². The van der Waals surface area contributed by atoms with Gasteiger partial charge in [-0.15, -0.1) is 0 Å². The summed E-state index contributed by atoms with van der Waals surface area (Å²) < 4.78 is 11.2. The van der Waals surface area contributed by atoms with E-state index in [0.717, 1.165) is 23.1 Å². The summed E-state index contributed by atoms with van der Waals surface area (Å²) in [5.74, 6) is 0.825. The zero-order valence-corrected chi connectivity index (χ0v) is 19.1. The number of rotatable bonds is 6. The highest BCUT2D eigenvalue weighted by Gasteiger charge is 2.35. The van der Waals surface area contributed by atoms with E-state index in [1.54, 1.807) is 6.07 Å². The lowest BCUT2D eigenvalue weighted by atomic mass is 9.87. The van der Waals surface area contributed by atoms with Crippen LogP contribution in [0, 0.1) is 5.92 Å². The van der Waals surface area contributed by atoms with Crippen molar-refractivity contribution in [2.45, 2.75) is 18.9 Å². The van der Waals surface area contributed by atoms with Crippen molar-refractivity contribution in [3.8, 4) is 11.5 Å². The van der Waals surface area contributed by atoms with E-state index in [4.69, 9.17) is 9.47 Å². The van der Waals surface area contributed by atoms with Crippen LogP contribution in [0.2, 0.25) is 0 Å². The SMILES string of the molecule is O=C1[C@@H]([C@H](O)c2ccc3c(c2)OCCO3)CCCN1CC=C(c1ccccc1)c1ccccc1. The molecule has 0 aromatic heterocycles. The van der Waals surface area contributed by atoms with Crippen LogP contribution in [0.1, 0.15) is 35.6 Å². The summed E-state index contributed by atoms with van der Waals surface area (Å²) >= 11 is 0. The average Bonchev–Trinajstić information content (AvgIpc) is 2.90. The number of nitrogens with zero attached hydrogens (tertiary/aromatic N) is 1. The van der Waals surface area contributed by atoms with Gasteiger partial charge in [-0.2, -0.15) is 0 Å². The maximum absolute atomic E-state index is 13.4. The van der Waals surface area contributed by atoms with Gasteiger partial charge in [-0.1, -0.05) is 72.8 Å². The van der Waals surface area contributed by atoms with E-state index in [2.05, 4.69) is 30.3 Å². The molecule has 1 fully saturated rings. The fourth-order valence-corrected chi connectivity index (χ4v) is 4.76. The molecule has 1 saturated heterocycles. The van der Waals surface area contributed by atoms with Crippen molar-refractivity contribution in [3.63, 3.8) is 0 Å². The molecule has 2 aliphatic heterocycles. The molecular weight excluding hydrogens is 426 g/mol. The molecule has 2 atom stereocenters. The Morgan fingerprint density at radius 2 is 1.59 bits per heavy atom. The standard InChI is InChI=1S/C29H29NO4/c31-28(23-13-14-26-27(20-23)34-19-18-33-26)25-12-7-16-30(29(25)32)17-15-24(21-8-3-1-4-9-21)22-10-5-2-6-11-22/h1-6,8-11,13-15,20,25,28,31H,7,12,16-19H2/t25-,28-/m1/s1. The van der Waals surface area contributed by atoms with Gasteiger partial charge in [0.2, 0.25) is 5.91 Å². The Kier molecular flexibility index (Phi) is 6.63. The minimum absolute atomic E-state index is 0.00892. The Balaban J connectivity index is 1.35. The highest BCUT2D eigenvalue weighted by molar-refractivity contribution is 5.83. The Morgan fingerprint density at radius 3 is 2.26 bits per heavy atom. The second-order valence-corrected chi connectivity index (χ2v) is 8.73. The monoisotopic (exact) mass is 455 g/mol. The molecule has 0 spiro atoms. The first kappa shape index (κ1) is 22.2. The van der Waals surface area contributed by atoms with E-state index in [0.29, 0.717) is 49.8 Å². The number of aliphatic hydroxyl groups is 1. The van der Waals surface area contributed by atoms with Crippen LogP contribution < -0.4 is 9.47 Å². The van der Waals surface area contributed by atoms with Crippen LogP contribution in [0.5, 0.6) is 11.5 Å². The molecule has 174 valence electrons. The molecular formula is C29H29NO4. The molecule has 5 rings (SSSR count). The summed E-state index contributed by atoms with van der Waals surface area (Å²) in [6.07, 6.45) is 2.77. The van der Waals surface area contributed by atoms with Crippen molar-refractivity contribution in [1.82, 2.24) is 4.90 Å². The maximum Gasteiger partial charge on any atom is 0.228 e.